The molecule has 7 nitrogen and oxygen atoms in total. The number of rotatable bonds is 5. The van der Waals surface area contributed by atoms with Gasteiger partial charge in [0, 0.05) is 35.9 Å². The number of benzene rings is 2. The molecule has 29 heavy (non-hydrogen) atoms. The molecule has 1 aliphatic heterocycles. The highest BCUT2D eigenvalue weighted by Crippen LogP contribution is 2.34. The molecular weight excluding hydrogens is 369 g/mol. The molecule has 0 amide bonds. The van der Waals surface area contributed by atoms with E-state index in [9.17, 15) is 10.0 Å². The van der Waals surface area contributed by atoms with Crippen molar-refractivity contribution >= 4 is 24.0 Å². The van der Waals surface area contributed by atoms with Gasteiger partial charge < -0.3 is 36.7 Å². The Bertz CT molecular complexity index is 893. The van der Waals surface area contributed by atoms with Gasteiger partial charge in [-0.3, -0.25) is 0 Å². The molecule has 0 radical (unpaired) electrons. The Morgan fingerprint density at radius 1 is 1.14 bits per heavy atom. The molecule has 0 saturated carbocycles. The summed E-state index contributed by atoms with van der Waals surface area (Å²) in [6.07, 6.45) is 3.11. The van der Waals surface area contributed by atoms with E-state index in [4.69, 9.17) is 26.7 Å². The molecule has 8 heteroatoms. The second kappa shape index (κ2) is 8.77. The van der Waals surface area contributed by atoms with Crippen LogP contribution >= 0.6 is 0 Å². The second-order valence-corrected chi connectivity index (χ2v) is 7.52. The van der Waals surface area contributed by atoms with E-state index in [1.54, 1.807) is 30.3 Å². The van der Waals surface area contributed by atoms with Crippen LogP contribution in [0.5, 0.6) is 5.75 Å². The minimum atomic E-state index is -1.58. The molecule has 0 aromatic heterocycles. The van der Waals surface area contributed by atoms with E-state index in [0.29, 0.717) is 28.2 Å². The smallest absolute Gasteiger partial charge is 0.488 e. The lowest BCUT2D eigenvalue weighted by Gasteiger charge is -2.32. The summed E-state index contributed by atoms with van der Waals surface area (Å²) < 4.78 is 12.1. The molecule has 2 atom stereocenters. The molecule has 1 saturated heterocycles. The molecular formula is C21H28BN3O4. The van der Waals surface area contributed by atoms with Crippen molar-refractivity contribution < 1.29 is 19.5 Å². The van der Waals surface area contributed by atoms with E-state index in [-0.39, 0.29) is 18.3 Å². The summed E-state index contributed by atoms with van der Waals surface area (Å²) in [7, 11) is -1.58. The lowest BCUT2D eigenvalue weighted by Crippen LogP contribution is -2.36. The van der Waals surface area contributed by atoms with Gasteiger partial charge in [-0.1, -0.05) is 24.3 Å². The minimum Gasteiger partial charge on any atom is -0.490 e. The van der Waals surface area contributed by atoms with Crippen molar-refractivity contribution in [1.82, 2.24) is 0 Å². The third-order valence-corrected chi connectivity index (χ3v) is 5.10. The molecule has 3 rings (SSSR count). The van der Waals surface area contributed by atoms with E-state index < -0.39 is 7.12 Å². The van der Waals surface area contributed by atoms with Gasteiger partial charge in [-0.2, -0.15) is 0 Å². The van der Waals surface area contributed by atoms with Gasteiger partial charge in [-0.25, -0.2) is 0 Å². The van der Waals surface area contributed by atoms with E-state index in [2.05, 4.69) is 0 Å². The van der Waals surface area contributed by atoms with Gasteiger partial charge in [0.2, 0.25) is 0 Å². The van der Waals surface area contributed by atoms with Gasteiger partial charge in [-0.05, 0) is 37.0 Å². The third kappa shape index (κ3) is 4.85. The Labute approximate surface area is 171 Å². The first-order chi connectivity index (χ1) is 13.8. The summed E-state index contributed by atoms with van der Waals surface area (Å²) in [6.45, 7) is 4.07. The largest absolute Gasteiger partial charge is 0.490 e. The van der Waals surface area contributed by atoms with Crippen LogP contribution in [-0.2, 0) is 4.74 Å². The number of nitrogens with two attached hydrogens (primary N) is 3. The van der Waals surface area contributed by atoms with Crippen molar-refractivity contribution in [2.45, 2.75) is 45.0 Å². The molecule has 0 aliphatic carbocycles. The zero-order valence-corrected chi connectivity index (χ0v) is 16.7. The molecule has 154 valence electrons. The van der Waals surface area contributed by atoms with Crippen LogP contribution in [0.25, 0.3) is 16.8 Å². The second-order valence-electron chi connectivity index (χ2n) is 7.52. The molecule has 1 fully saturated rings. The zero-order valence-electron chi connectivity index (χ0n) is 16.7. The van der Waals surface area contributed by atoms with Crippen LogP contribution in [0.2, 0.25) is 0 Å². The van der Waals surface area contributed by atoms with Crippen molar-refractivity contribution in [2.24, 2.45) is 11.5 Å². The summed E-state index contributed by atoms with van der Waals surface area (Å²) >= 11 is 0. The van der Waals surface area contributed by atoms with Crippen LogP contribution in [0.15, 0.2) is 42.6 Å². The number of hydrogen-bond donors (Lipinski definition) is 5. The molecule has 2 unspecified atom stereocenters. The predicted molar refractivity (Wildman–Crippen MR) is 116 cm³/mol. The summed E-state index contributed by atoms with van der Waals surface area (Å²) in [5.74, 6) is 0.648. The maximum Gasteiger partial charge on any atom is 0.488 e. The third-order valence-electron chi connectivity index (χ3n) is 5.10. The van der Waals surface area contributed by atoms with Crippen LogP contribution in [-0.4, -0.2) is 35.5 Å². The maximum absolute atomic E-state index is 9.62. The minimum absolute atomic E-state index is 0.00448. The molecule has 0 spiro atoms. The number of hydrogen-bond acceptors (Lipinski definition) is 7. The summed E-state index contributed by atoms with van der Waals surface area (Å²) in [5, 5.41) is 19.2. The van der Waals surface area contributed by atoms with E-state index >= 15 is 0 Å². The van der Waals surface area contributed by atoms with Crippen LogP contribution in [0.3, 0.4) is 0 Å². The van der Waals surface area contributed by atoms with Gasteiger partial charge in [0.15, 0.2) is 0 Å². The highest BCUT2D eigenvalue weighted by molar-refractivity contribution is 6.58. The van der Waals surface area contributed by atoms with Crippen molar-refractivity contribution in [2.75, 3.05) is 5.73 Å². The molecule has 2 aromatic rings. The van der Waals surface area contributed by atoms with E-state index in [0.717, 1.165) is 24.0 Å². The zero-order chi connectivity index (χ0) is 21.1. The first kappa shape index (κ1) is 21.0. The number of anilines is 1. The van der Waals surface area contributed by atoms with Crippen LogP contribution in [0, 0.1) is 0 Å². The maximum atomic E-state index is 9.62. The fraction of sp³-hybridized carbons (Fsp3) is 0.333. The highest BCUT2D eigenvalue weighted by Gasteiger charge is 2.27. The molecule has 8 N–H and O–H groups in total. The molecule has 1 heterocycles. The number of ether oxygens (including phenoxy) is 2. The van der Waals surface area contributed by atoms with Gasteiger partial charge in [0.25, 0.3) is 0 Å². The first-order valence-electron chi connectivity index (χ1n) is 9.68. The number of nitrogen functional groups attached to an aromatic ring is 1. The lowest BCUT2D eigenvalue weighted by atomic mass is 9.79. The quantitative estimate of drug-likeness (QED) is 0.377. The van der Waals surface area contributed by atoms with Crippen molar-refractivity contribution in [3.05, 3.63) is 48.2 Å². The molecule has 2 aromatic carbocycles. The summed E-state index contributed by atoms with van der Waals surface area (Å²) in [6, 6.07) is 10.5. The van der Waals surface area contributed by atoms with Gasteiger partial charge in [0.05, 0.1) is 17.9 Å². The van der Waals surface area contributed by atoms with Gasteiger partial charge in [0.1, 0.15) is 11.9 Å². The standard InChI is InChI=1S/C21H28BN3O4/c1-12-7-16(8-13(2)28-12)29-21-6-4-15(22(26)27)10-18(21)14-3-5-17(19(24)9-14)20(25)11-23/h3-6,9-13,16,26-27H,7-8,23-25H2,1-2H3/b20-11+. The van der Waals surface area contributed by atoms with Gasteiger partial charge in [-0.15, -0.1) is 0 Å². The topological polar surface area (TPSA) is 137 Å². The Kier molecular flexibility index (Phi) is 6.37. The fourth-order valence-electron chi connectivity index (χ4n) is 3.74. The Hall–Kier alpha value is -2.68. The van der Waals surface area contributed by atoms with E-state index in [1.165, 1.54) is 6.20 Å². The van der Waals surface area contributed by atoms with Crippen molar-refractivity contribution in [1.29, 1.82) is 0 Å². The summed E-state index contributed by atoms with van der Waals surface area (Å²) in [5.41, 5.74) is 20.9. The monoisotopic (exact) mass is 397 g/mol. The van der Waals surface area contributed by atoms with E-state index in [1.807, 2.05) is 19.9 Å². The van der Waals surface area contributed by atoms with Crippen LogP contribution in [0.1, 0.15) is 32.3 Å². The first-order valence-corrected chi connectivity index (χ1v) is 9.68. The predicted octanol–water partition coefficient (Wildman–Crippen LogP) is 1.17. The van der Waals surface area contributed by atoms with Crippen LogP contribution < -0.4 is 27.4 Å². The highest BCUT2D eigenvalue weighted by atomic mass is 16.5. The molecule has 0 bridgehead atoms. The summed E-state index contributed by atoms with van der Waals surface area (Å²) in [4.78, 5) is 0. The lowest BCUT2D eigenvalue weighted by molar-refractivity contribution is -0.0720. The Morgan fingerprint density at radius 2 is 1.83 bits per heavy atom. The Balaban J connectivity index is 2.00. The average Bonchev–Trinajstić information content (AvgIpc) is 2.66. The Morgan fingerprint density at radius 3 is 2.41 bits per heavy atom. The van der Waals surface area contributed by atoms with Gasteiger partial charge >= 0.3 is 7.12 Å². The van der Waals surface area contributed by atoms with Crippen LogP contribution in [0.4, 0.5) is 5.69 Å². The molecule has 1 aliphatic rings. The van der Waals surface area contributed by atoms with Crippen molar-refractivity contribution in [3.8, 4) is 16.9 Å². The SMILES string of the molecule is CC1CC(Oc2ccc(B(O)O)cc2-c2ccc(/C(N)=C\N)c(N)c2)CC(C)O1. The fourth-order valence-corrected chi connectivity index (χ4v) is 3.74. The average molecular weight is 397 g/mol. The van der Waals surface area contributed by atoms with Crippen molar-refractivity contribution in [3.63, 3.8) is 0 Å². The normalized spacial score (nSPS) is 22.3.